The lowest BCUT2D eigenvalue weighted by Crippen LogP contribution is -2.15. The second-order valence-corrected chi connectivity index (χ2v) is 8.52. The minimum atomic E-state index is -0.412. The van der Waals surface area contributed by atoms with E-state index in [0.29, 0.717) is 44.2 Å². The van der Waals surface area contributed by atoms with Crippen molar-refractivity contribution in [3.63, 3.8) is 0 Å². The highest BCUT2D eigenvalue weighted by Gasteiger charge is 2.18. The molecular weight excluding hydrogens is 496 g/mol. The molecule has 0 aliphatic carbocycles. The first-order chi connectivity index (χ1) is 17.9. The van der Waals surface area contributed by atoms with E-state index in [2.05, 4.69) is 20.8 Å². The Kier molecular flexibility index (Phi) is 7.84. The van der Waals surface area contributed by atoms with Crippen LogP contribution in [0, 0.1) is 0 Å². The standard InChI is InChI=1S/C26H24N4O6S/c1-33-19-10-8-15(9-11-19)25-29-30-26(37-25)28-23(31)16-6-5-7-18(12-16)27-24(32)17-13-20(34-2)22(36-4)21(14-17)35-3/h5-14H,1-4H3,(H,27,32)(H,28,30,31). The van der Waals surface area contributed by atoms with Gasteiger partial charge in [-0.2, -0.15) is 0 Å². The number of amides is 2. The third-order valence-corrected chi connectivity index (χ3v) is 6.18. The second kappa shape index (κ2) is 11.4. The van der Waals surface area contributed by atoms with Gasteiger partial charge in [0.15, 0.2) is 11.5 Å². The maximum atomic E-state index is 12.9. The number of nitrogens with zero attached hydrogens (tertiary/aromatic N) is 2. The van der Waals surface area contributed by atoms with Crippen molar-refractivity contribution in [3.8, 4) is 33.6 Å². The molecule has 1 heterocycles. The Morgan fingerprint density at radius 2 is 1.41 bits per heavy atom. The van der Waals surface area contributed by atoms with Crippen molar-refractivity contribution in [1.29, 1.82) is 0 Å². The van der Waals surface area contributed by atoms with Gasteiger partial charge in [0.05, 0.1) is 28.4 Å². The van der Waals surface area contributed by atoms with Gasteiger partial charge in [0.25, 0.3) is 11.8 Å². The van der Waals surface area contributed by atoms with E-state index in [1.165, 1.54) is 32.7 Å². The summed E-state index contributed by atoms with van der Waals surface area (Å²) in [5.41, 5.74) is 1.92. The first-order valence-electron chi connectivity index (χ1n) is 11.0. The van der Waals surface area contributed by atoms with Crippen molar-refractivity contribution < 1.29 is 28.5 Å². The van der Waals surface area contributed by atoms with Crippen molar-refractivity contribution in [2.75, 3.05) is 39.1 Å². The molecule has 4 aromatic rings. The molecule has 1 aromatic heterocycles. The van der Waals surface area contributed by atoms with Gasteiger partial charge in [-0.15, -0.1) is 10.2 Å². The number of carbonyl (C=O) groups excluding carboxylic acids is 2. The molecule has 37 heavy (non-hydrogen) atoms. The van der Waals surface area contributed by atoms with Crippen LogP contribution in [-0.4, -0.2) is 50.5 Å². The summed E-state index contributed by atoms with van der Waals surface area (Å²) in [4.78, 5) is 25.8. The van der Waals surface area contributed by atoms with Gasteiger partial charge in [0.1, 0.15) is 10.8 Å². The van der Waals surface area contributed by atoms with Crippen LogP contribution in [0.3, 0.4) is 0 Å². The van der Waals surface area contributed by atoms with Crippen LogP contribution in [0.25, 0.3) is 10.6 Å². The van der Waals surface area contributed by atoms with E-state index in [0.717, 1.165) is 11.3 Å². The van der Waals surface area contributed by atoms with Crippen LogP contribution >= 0.6 is 11.3 Å². The summed E-state index contributed by atoms with van der Waals surface area (Å²) in [6.07, 6.45) is 0. The molecule has 3 aromatic carbocycles. The summed E-state index contributed by atoms with van der Waals surface area (Å²) in [6.45, 7) is 0. The fourth-order valence-electron chi connectivity index (χ4n) is 3.45. The zero-order chi connectivity index (χ0) is 26.4. The monoisotopic (exact) mass is 520 g/mol. The van der Waals surface area contributed by atoms with Crippen molar-refractivity contribution in [1.82, 2.24) is 10.2 Å². The van der Waals surface area contributed by atoms with Crippen LogP contribution in [-0.2, 0) is 0 Å². The molecule has 0 radical (unpaired) electrons. The Labute approximate surface area is 217 Å². The zero-order valence-corrected chi connectivity index (χ0v) is 21.3. The van der Waals surface area contributed by atoms with Crippen LogP contribution in [0.4, 0.5) is 10.8 Å². The Morgan fingerprint density at radius 3 is 2.03 bits per heavy atom. The number of hydrogen-bond acceptors (Lipinski definition) is 9. The molecule has 0 bridgehead atoms. The average molecular weight is 521 g/mol. The Hall–Kier alpha value is -4.64. The van der Waals surface area contributed by atoms with E-state index in [9.17, 15) is 9.59 Å². The average Bonchev–Trinajstić information content (AvgIpc) is 3.40. The fourth-order valence-corrected chi connectivity index (χ4v) is 4.19. The topological polar surface area (TPSA) is 121 Å². The molecule has 11 heteroatoms. The number of aromatic nitrogens is 2. The van der Waals surface area contributed by atoms with E-state index in [4.69, 9.17) is 18.9 Å². The second-order valence-electron chi connectivity index (χ2n) is 7.54. The van der Waals surface area contributed by atoms with Gasteiger partial charge in [0.2, 0.25) is 10.9 Å². The molecule has 190 valence electrons. The molecule has 0 saturated carbocycles. The highest BCUT2D eigenvalue weighted by molar-refractivity contribution is 7.18. The van der Waals surface area contributed by atoms with Gasteiger partial charge in [-0.05, 0) is 54.6 Å². The maximum Gasteiger partial charge on any atom is 0.257 e. The van der Waals surface area contributed by atoms with Crippen molar-refractivity contribution in [2.24, 2.45) is 0 Å². The molecule has 2 N–H and O–H groups in total. The molecule has 0 aliphatic rings. The maximum absolute atomic E-state index is 12.9. The molecule has 0 aliphatic heterocycles. The number of anilines is 2. The van der Waals surface area contributed by atoms with Crippen LogP contribution in [0.5, 0.6) is 23.0 Å². The van der Waals surface area contributed by atoms with Gasteiger partial charge < -0.3 is 24.3 Å². The van der Waals surface area contributed by atoms with E-state index in [1.807, 2.05) is 24.3 Å². The number of hydrogen-bond donors (Lipinski definition) is 2. The predicted octanol–water partition coefficient (Wildman–Crippen LogP) is 4.74. The predicted molar refractivity (Wildman–Crippen MR) is 140 cm³/mol. The van der Waals surface area contributed by atoms with Crippen LogP contribution < -0.4 is 29.6 Å². The lowest BCUT2D eigenvalue weighted by Gasteiger charge is -2.14. The molecule has 4 rings (SSSR count). The van der Waals surface area contributed by atoms with Crippen molar-refractivity contribution in [2.45, 2.75) is 0 Å². The SMILES string of the molecule is COc1ccc(-c2nnc(NC(=O)c3cccc(NC(=O)c4cc(OC)c(OC)c(OC)c4)c3)s2)cc1. The quantitative estimate of drug-likeness (QED) is 0.325. The molecule has 10 nitrogen and oxygen atoms in total. The van der Waals surface area contributed by atoms with Crippen LogP contribution in [0.2, 0.25) is 0 Å². The minimum Gasteiger partial charge on any atom is -0.497 e. The smallest absolute Gasteiger partial charge is 0.257 e. The number of nitrogens with one attached hydrogen (secondary N) is 2. The summed E-state index contributed by atoms with van der Waals surface area (Å²) in [5.74, 6) is 1.02. The highest BCUT2D eigenvalue weighted by Crippen LogP contribution is 2.38. The highest BCUT2D eigenvalue weighted by atomic mass is 32.1. The zero-order valence-electron chi connectivity index (χ0n) is 20.5. The normalized spacial score (nSPS) is 10.4. The fraction of sp³-hybridized carbons (Fsp3) is 0.154. The molecule has 0 unspecified atom stereocenters. The van der Waals surface area contributed by atoms with E-state index in [-0.39, 0.29) is 5.91 Å². The third kappa shape index (κ3) is 5.78. The lowest BCUT2D eigenvalue weighted by molar-refractivity contribution is 0.101. The third-order valence-electron chi connectivity index (χ3n) is 5.29. The molecule has 0 saturated heterocycles. The lowest BCUT2D eigenvalue weighted by atomic mass is 10.1. The van der Waals surface area contributed by atoms with E-state index >= 15 is 0 Å². The summed E-state index contributed by atoms with van der Waals surface area (Å²) in [7, 11) is 6.03. The number of carbonyl (C=O) groups is 2. The van der Waals surface area contributed by atoms with E-state index in [1.54, 1.807) is 43.5 Å². The summed E-state index contributed by atoms with van der Waals surface area (Å²) in [5, 5.41) is 14.7. The summed E-state index contributed by atoms with van der Waals surface area (Å²) in [6, 6.07) is 17.0. The summed E-state index contributed by atoms with van der Waals surface area (Å²) >= 11 is 1.25. The van der Waals surface area contributed by atoms with Crippen molar-refractivity contribution >= 4 is 34.0 Å². The molecule has 2 amide bonds. The first-order valence-corrected chi connectivity index (χ1v) is 11.8. The van der Waals surface area contributed by atoms with Gasteiger partial charge in [-0.1, -0.05) is 17.4 Å². The number of benzene rings is 3. The molecule has 0 spiro atoms. The molecule has 0 atom stereocenters. The van der Waals surface area contributed by atoms with Gasteiger partial charge in [-0.25, -0.2) is 0 Å². The van der Waals surface area contributed by atoms with E-state index < -0.39 is 5.91 Å². The number of ether oxygens (including phenoxy) is 4. The Morgan fingerprint density at radius 1 is 0.730 bits per heavy atom. The Balaban J connectivity index is 1.46. The molecule has 0 fully saturated rings. The summed E-state index contributed by atoms with van der Waals surface area (Å²) < 4.78 is 21.1. The number of methoxy groups -OCH3 is 4. The largest absolute Gasteiger partial charge is 0.497 e. The molecular formula is C26H24N4O6S. The van der Waals surface area contributed by atoms with Crippen LogP contribution in [0.15, 0.2) is 60.7 Å². The Bertz CT molecular complexity index is 1400. The minimum absolute atomic E-state index is 0.296. The van der Waals surface area contributed by atoms with Crippen molar-refractivity contribution in [3.05, 3.63) is 71.8 Å². The van der Waals surface area contributed by atoms with Gasteiger partial charge in [-0.3, -0.25) is 14.9 Å². The first kappa shape index (κ1) is 25.5. The number of rotatable bonds is 9. The van der Waals surface area contributed by atoms with Crippen LogP contribution in [0.1, 0.15) is 20.7 Å². The van der Waals surface area contributed by atoms with Gasteiger partial charge in [0, 0.05) is 22.4 Å². The van der Waals surface area contributed by atoms with Gasteiger partial charge >= 0.3 is 0 Å².